The molecule has 0 aromatic heterocycles. The number of hydrogen-bond donors (Lipinski definition) is 0. The van der Waals surface area contributed by atoms with Crippen molar-refractivity contribution in [2.45, 2.75) is 70.9 Å². The summed E-state index contributed by atoms with van der Waals surface area (Å²) in [7, 11) is -0.902. The number of allylic oxidation sites excluding steroid dienone is 2. The summed E-state index contributed by atoms with van der Waals surface area (Å²) in [4.78, 5) is 31.1. The van der Waals surface area contributed by atoms with E-state index in [-0.39, 0.29) is 17.6 Å². The summed E-state index contributed by atoms with van der Waals surface area (Å²) in [5.41, 5.74) is 1.67. The second kappa shape index (κ2) is 12.9. The van der Waals surface area contributed by atoms with Gasteiger partial charge in [0.25, 0.3) is 5.91 Å². The highest BCUT2D eigenvalue weighted by Gasteiger charge is 2.50. The largest absolute Gasteiger partial charge is 0.493 e. The standard InChI is InChI=1S/C29H41IN2O6Si/c1-9-12-20-16-23-27(38-39(7,8)29(3,4)5)32(28(34)37-14-10-2)22-18-25(36-15-11-13-30)24(35-6)17-21(22)26(33)31(23)19-20/h9-10,12,17-19,23,27H,2,11,13-16H2,1,3-8H3/b12-9+/t23-,27-/m0/s1. The fourth-order valence-corrected chi connectivity index (χ4v) is 5.86. The maximum Gasteiger partial charge on any atom is 0.416 e. The zero-order chi connectivity index (χ0) is 29.0. The predicted molar refractivity (Wildman–Crippen MR) is 166 cm³/mol. The molecule has 2 aliphatic heterocycles. The molecule has 0 saturated carbocycles. The highest BCUT2D eigenvalue weighted by atomic mass is 127. The molecule has 3 rings (SSSR count). The first kappa shape index (κ1) is 31.2. The van der Waals surface area contributed by atoms with Crippen LogP contribution in [0.3, 0.4) is 0 Å². The molecule has 214 valence electrons. The molecule has 2 amide bonds. The number of alkyl halides is 1. The van der Waals surface area contributed by atoms with Crippen molar-refractivity contribution in [3.63, 3.8) is 0 Å². The Morgan fingerprint density at radius 2 is 1.97 bits per heavy atom. The average molecular weight is 669 g/mol. The van der Waals surface area contributed by atoms with Gasteiger partial charge in [-0.1, -0.05) is 68.2 Å². The van der Waals surface area contributed by atoms with Gasteiger partial charge in [0.1, 0.15) is 6.61 Å². The van der Waals surface area contributed by atoms with Crippen LogP contribution in [0.15, 0.2) is 48.7 Å². The van der Waals surface area contributed by atoms with E-state index in [9.17, 15) is 9.59 Å². The minimum absolute atomic E-state index is 0.0249. The quantitative estimate of drug-likeness (QED) is 0.0874. The zero-order valence-electron chi connectivity index (χ0n) is 24.1. The lowest BCUT2D eigenvalue weighted by molar-refractivity contribution is 0.0589. The fraction of sp³-hybridized carbons (Fsp3) is 0.517. The van der Waals surface area contributed by atoms with Crippen molar-refractivity contribution in [3.8, 4) is 11.5 Å². The normalized spacial score (nSPS) is 19.4. The molecule has 8 nitrogen and oxygen atoms in total. The number of fused-ring (bicyclic) bond motifs is 2. The molecule has 2 heterocycles. The summed E-state index contributed by atoms with van der Waals surface area (Å²) < 4.78 is 25.2. The molecule has 1 aromatic carbocycles. The molecule has 0 unspecified atom stereocenters. The number of ether oxygens (including phenoxy) is 3. The lowest BCUT2D eigenvalue weighted by Gasteiger charge is -2.44. The van der Waals surface area contributed by atoms with Gasteiger partial charge in [-0.25, -0.2) is 9.69 Å². The van der Waals surface area contributed by atoms with Gasteiger partial charge < -0.3 is 23.5 Å². The van der Waals surface area contributed by atoms with Crippen LogP contribution < -0.4 is 14.4 Å². The fourth-order valence-electron chi connectivity index (χ4n) is 4.33. The summed E-state index contributed by atoms with van der Waals surface area (Å²) in [5.74, 6) is 0.635. The number of carbonyl (C=O) groups is 2. The average Bonchev–Trinajstić information content (AvgIpc) is 3.26. The summed E-state index contributed by atoms with van der Waals surface area (Å²) in [6, 6.07) is 2.91. The lowest BCUT2D eigenvalue weighted by atomic mass is 10.1. The van der Waals surface area contributed by atoms with Crippen LogP contribution in [0, 0.1) is 0 Å². The monoisotopic (exact) mass is 668 g/mol. The third kappa shape index (κ3) is 6.71. The number of hydrogen-bond acceptors (Lipinski definition) is 6. The van der Waals surface area contributed by atoms with E-state index in [4.69, 9.17) is 18.6 Å². The Morgan fingerprint density at radius 3 is 2.56 bits per heavy atom. The van der Waals surface area contributed by atoms with E-state index in [2.05, 4.69) is 63.0 Å². The van der Waals surface area contributed by atoms with Crippen molar-refractivity contribution in [2.24, 2.45) is 0 Å². The molecule has 1 aromatic rings. The van der Waals surface area contributed by atoms with Gasteiger partial charge in [0.15, 0.2) is 26.0 Å². The van der Waals surface area contributed by atoms with Crippen LogP contribution in [0.4, 0.5) is 10.5 Å². The minimum Gasteiger partial charge on any atom is -0.493 e. The van der Waals surface area contributed by atoms with E-state index in [0.717, 1.165) is 16.4 Å². The highest BCUT2D eigenvalue weighted by Crippen LogP contribution is 2.45. The van der Waals surface area contributed by atoms with Crippen LogP contribution in [-0.2, 0) is 9.16 Å². The molecule has 2 aliphatic rings. The molecule has 0 N–H and O–H groups in total. The van der Waals surface area contributed by atoms with Crippen molar-refractivity contribution >= 4 is 48.6 Å². The SMILES string of the molecule is C=CCOC(=O)N1c2cc(OCCCI)c(OC)cc2C(=O)N2C=C(/C=C/C)C[C@H]2[C@@H]1O[Si](C)(C)C(C)(C)C. The van der Waals surface area contributed by atoms with Crippen LogP contribution in [0.2, 0.25) is 18.1 Å². The first-order chi connectivity index (χ1) is 18.4. The van der Waals surface area contributed by atoms with Crippen molar-refractivity contribution in [2.75, 3.05) is 29.7 Å². The third-order valence-corrected chi connectivity index (χ3v) is 12.6. The Morgan fingerprint density at radius 1 is 1.26 bits per heavy atom. The molecular formula is C29H41IN2O6Si. The summed E-state index contributed by atoms with van der Waals surface area (Å²) in [6.07, 6.45) is 7.28. The number of benzene rings is 1. The third-order valence-electron chi connectivity index (χ3n) is 7.36. The minimum atomic E-state index is -2.44. The smallest absolute Gasteiger partial charge is 0.416 e. The molecule has 0 spiro atoms. The molecular weight excluding hydrogens is 627 g/mol. The van der Waals surface area contributed by atoms with Crippen molar-refractivity contribution in [1.29, 1.82) is 0 Å². The van der Waals surface area contributed by atoms with Gasteiger partial charge in [0.05, 0.1) is 31.0 Å². The van der Waals surface area contributed by atoms with Crippen molar-refractivity contribution < 1.29 is 28.2 Å². The van der Waals surface area contributed by atoms with Crippen LogP contribution in [-0.4, -0.2) is 62.2 Å². The van der Waals surface area contributed by atoms with Gasteiger partial charge >= 0.3 is 6.09 Å². The van der Waals surface area contributed by atoms with Gasteiger partial charge in [-0.05, 0) is 49.5 Å². The van der Waals surface area contributed by atoms with Gasteiger partial charge in [-0.15, -0.1) is 0 Å². The Bertz CT molecular complexity index is 1140. The van der Waals surface area contributed by atoms with Gasteiger partial charge in [-0.2, -0.15) is 0 Å². The number of rotatable bonds is 10. The van der Waals surface area contributed by atoms with Crippen LogP contribution in [0.1, 0.15) is 50.9 Å². The molecule has 2 atom stereocenters. The predicted octanol–water partition coefficient (Wildman–Crippen LogP) is 7.06. The maximum absolute atomic E-state index is 14.1. The van der Waals surface area contributed by atoms with Crippen molar-refractivity contribution in [3.05, 3.63) is 54.3 Å². The number of methoxy groups -OCH3 is 1. The molecule has 0 bridgehead atoms. The Kier molecular flexibility index (Phi) is 10.3. The van der Waals surface area contributed by atoms with Gasteiger partial charge in [0.2, 0.25) is 0 Å². The molecule has 0 saturated heterocycles. The molecule has 0 radical (unpaired) electrons. The van der Waals surface area contributed by atoms with Crippen LogP contribution in [0.5, 0.6) is 11.5 Å². The Balaban J connectivity index is 2.28. The van der Waals surface area contributed by atoms with E-state index >= 15 is 0 Å². The number of halogens is 1. The zero-order valence-corrected chi connectivity index (χ0v) is 27.2. The maximum atomic E-state index is 14.1. The molecule has 0 aliphatic carbocycles. The second-order valence-electron chi connectivity index (χ2n) is 11.1. The number of carbonyl (C=O) groups excluding carboxylic acids is 2. The topological polar surface area (TPSA) is 77.5 Å². The summed E-state index contributed by atoms with van der Waals surface area (Å²) in [5, 5.41) is -0.139. The van der Waals surface area contributed by atoms with E-state index in [1.807, 2.05) is 25.3 Å². The Hall–Kier alpha value is -2.31. The second-order valence-corrected chi connectivity index (χ2v) is 16.9. The van der Waals surface area contributed by atoms with Gasteiger partial charge in [-0.3, -0.25) is 4.79 Å². The lowest BCUT2D eigenvalue weighted by Crippen LogP contribution is -2.57. The first-order valence-corrected chi connectivity index (χ1v) is 17.6. The first-order valence-electron chi connectivity index (χ1n) is 13.2. The number of amides is 2. The van der Waals surface area contributed by atoms with E-state index in [1.54, 1.807) is 17.0 Å². The number of nitrogens with zero attached hydrogens (tertiary/aromatic N) is 2. The van der Waals surface area contributed by atoms with Crippen LogP contribution >= 0.6 is 22.6 Å². The Labute approximate surface area is 247 Å². The van der Waals surface area contributed by atoms with E-state index < -0.39 is 26.7 Å². The summed E-state index contributed by atoms with van der Waals surface area (Å²) >= 11 is 2.30. The number of anilines is 1. The van der Waals surface area contributed by atoms with Crippen LogP contribution in [0.25, 0.3) is 0 Å². The summed E-state index contributed by atoms with van der Waals surface area (Å²) in [6.45, 7) is 16.8. The molecule has 39 heavy (non-hydrogen) atoms. The van der Waals surface area contributed by atoms with Gasteiger partial charge in [0, 0.05) is 16.7 Å². The molecule has 10 heteroatoms. The highest BCUT2D eigenvalue weighted by molar-refractivity contribution is 14.1. The van der Waals surface area contributed by atoms with E-state index in [0.29, 0.717) is 35.8 Å². The van der Waals surface area contributed by atoms with E-state index in [1.165, 1.54) is 18.1 Å². The van der Waals surface area contributed by atoms with Crippen molar-refractivity contribution in [1.82, 2.24) is 4.90 Å². The molecule has 0 fully saturated rings.